The zero-order valence-corrected chi connectivity index (χ0v) is 13.1. The first-order valence-corrected chi connectivity index (χ1v) is 7.85. The Hall–Kier alpha value is -1.45. The lowest BCUT2D eigenvalue weighted by Crippen LogP contribution is -2.39. The molecular formula is C16H17Cl2N3. The Morgan fingerprint density at radius 1 is 1.10 bits per heavy atom. The summed E-state index contributed by atoms with van der Waals surface area (Å²) in [5.74, 6) is 1.06. The van der Waals surface area contributed by atoms with Crippen LogP contribution in [0, 0.1) is 0 Å². The molecule has 5 heteroatoms. The van der Waals surface area contributed by atoms with E-state index in [0.717, 1.165) is 37.4 Å². The third-order valence-corrected chi connectivity index (χ3v) is 4.31. The van der Waals surface area contributed by atoms with Crippen molar-refractivity contribution < 1.29 is 0 Å². The molecule has 1 aliphatic heterocycles. The molecule has 0 unspecified atom stereocenters. The smallest absolute Gasteiger partial charge is 0.128 e. The zero-order chi connectivity index (χ0) is 14.7. The second-order valence-corrected chi connectivity index (χ2v) is 6.06. The Morgan fingerprint density at radius 2 is 1.90 bits per heavy atom. The van der Waals surface area contributed by atoms with Crippen LogP contribution in [0.4, 0.5) is 11.5 Å². The van der Waals surface area contributed by atoms with Crippen LogP contribution in [0.1, 0.15) is 12.8 Å². The third kappa shape index (κ3) is 3.60. The van der Waals surface area contributed by atoms with Crippen LogP contribution in [0.15, 0.2) is 42.6 Å². The average Bonchev–Trinajstić information content (AvgIpc) is 2.52. The van der Waals surface area contributed by atoms with Gasteiger partial charge in [-0.2, -0.15) is 0 Å². The molecule has 1 aromatic carbocycles. The Bertz CT molecular complexity index is 596. The van der Waals surface area contributed by atoms with Crippen molar-refractivity contribution >= 4 is 34.7 Å². The third-order valence-electron chi connectivity index (χ3n) is 3.76. The topological polar surface area (TPSA) is 28.2 Å². The van der Waals surface area contributed by atoms with Gasteiger partial charge in [-0.15, -0.1) is 0 Å². The molecule has 0 aliphatic carbocycles. The van der Waals surface area contributed by atoms with Gasteiger partial charge in [0.2, 0.25) is 0 Å². The van der Waals surface area contributed by atoms with Gasteiger partial charge in [-0.1, -0.05) is 29.3 Å². The van der Waals surface area contributed by atoms with Crippen molar-refractivity contribution in [3.8, 4) is 0 Å². The average molecular weight is 322 g/mol. The molecule has 1 aliphatic rings. The number of benzene rings is 1. The molecule has 0 spiro atoms. The summed E-state index contributed by atoms with van der Waals surface area (Å²) in [5, 5.41) is 4.85. The maximum Gasteiger partial charge on any atom is 0.128 e. The number of nitrogens with zero attached hydrogens (tertiary/aromatic N) is 2. The van der Waals surface area contributed by atoms with Gasteiger partial charge in [0, 0.05) is 30.4 Å². The molecule has 2 heterocycles. The molecule has 21 heavy (non-hydrogen) atoms. The van der Waals surface area contributed by atoms with Gasteiger partial charge in [0.05, 0.1) is 10.7 Å². The molecule has 0 saturated carbocycles. The van der Waals surface area contributed by atoms with Gasteiger partial charge in [0.15, 0.2) is 0 Å². The molecule has 3 nitrogen and oxygen atoms in total. The van der Waals surface area contributed by atoms with Gasteiger partial charge in [-0.25, -0.2) is 4.98 Å². The van der Waals surface area contributed by atoms with Crippen molar-refractivity contribution in [1.29, 1.82) is 0 Å². The maximum absolute atomic E-state index is 6.21. The van der Waals surface area contributed by atoms with Crippen LogP contribution < -0.4 is 10.2 Å². The number of hydrogen-bond acceptors (Lipinski definition) is 3. The minimum atomic E-state index is 0.434. The summed E-state index contributed by atoms with van der Waals surface area (Å²) in [6, 6.07) is 12.0. The van der Waals surface area contributed by atoms with Gasteiger partial charge in [-0.05, 0) is 43.2 Å². The highest BCUT2D eigenvalue weighted by Gasteiger charge is 2.20. The molecule has 0 bridgehead atoms. The van der Waals surface area contributed by atoms with Gasteiger partial charge >= 0.3 is 0 Å². The minimum absolute atomic E-state index is 0.434. The fraction of sp³-hybridized carbons (Fsp3) is 0.312. The Labute approximate surface area is 134 Å². The number of hydrogen-bond donors (Lipinski definition) is 1. The summed E-state index contributed by atoms with van der Waals surface area (Å²) >= 11 is 12.1. The number of halogens is 2. The van der Waals surface area contributed by atoms with Gasteiger partial charge in [0.25, 0.3) is 0 Å². The number of pyridine rings is 1. The molecule has 1 fully saturated rings. The number of aromatic nitrogens is 1. The lowest BCUT2D eigenvalue weighted by molar-refractivity contribution is 0.523. The van der Waals surface area contributed by atoms with E-state index in [1.54, 1.807) is 6.07 Å². The van der Waals surface area contributed by atoms with E-state index in [4.69, 9.17) is 23.2 Å². The van der Waals surface area contributed by atoms with Crippen molar-refractivity contribution in [2.24, 2.45) is 0 Å². The van der Waals surface area contributed by atoms with Crippen LogP contribution in [-0.2, 0) is 0 Å². The van der Waals surface area contributed by atoms with Crippen LogP contribution in [0.5, 0.6) is 0 Å². The van der Waals surface area contributed by atoms with Crippen LogP contribution in [0.2, 0.25) is 10.0 Å². The van der Waals surface area contributed by atoms with E-state index in [-0.39, 0.29) is 0 Å². The van der Waals surface area contributed by atoms with Crippen molar-refractivity contribution in [2.45, 2.75) is 18.9 Å². The van der Waals surface area contributed by atoms with E-state index in [9.17, 15) is 0 Å². The fourth-order valence-corrected chi connectivity index (χ4v) is 3.08. The van der Waals surface area contributed by atoms with Crippen LogP contribution >= 0.6 is 23.2 Å². The lowest BCUT2D eigenvalue weighted by Gasteiger charge is -2.33. The van der Waals surface area contributed by atoms with Crippen molar-refractivity contribution in [3.05, 3.63) is 52.6 Å². The van der Waals surface area contributed by atoms with Crippen molar-refractivity contribution in [1.82, 2.24) is 4.98 Å². The molecule has 110 valence electrons. The molecular weight excluding hydrogens is 305 g/mol. The SMILES string of the molecule is Clc1ccc(NC2CCN(c3ccccn3)CC2)c(Cl)c1. The summed E-state index contributed by atoms with van der Waals surface area (Å²) in [7, 11) is 0. The monoisotopic (exact) mass is 321 g/mol. The first kappa shape index (κ1) is 14.5. The molecule has 0 radical (unpaired) electrons. The van der Waals surface area contributed by atoms with E-state index in [1.165, 1.54) is 0 Å². The summed E-state index contributed by atoms with van der Waals surface area (Å²) < 4.78 is 0. The molecule has 1 saturated heterocycles. The van der Waals surface area contributed by atoms with Crippen molar-refractivity contribution in [3.63, 3.8) is 0 Å². The molecule has 2 aromatic rings. The standard InChI is InChI=1S/C16H17Cl2N3/c17-12-4-5-15(14(18)11-12)20-13-6-9-21(10-7-13)16-3-1-2-8-19-16/h1-5,8,11,13,20H,6-7,9-10H2. The highest BCUT2D eigenvalue weighted by Crippen LogP contribution is 2.28. The predicted molar refractivity (Wildman–Crippen MR) is 89.6 cm³/mol. The van der Waals surface area contributed by atoms with E-state index in [0.29, 0.717) is 16.1 Å². The second-order valence-electron chi connectivity index (χ2n) is 5.22. The quantitative estimate of drug-likeness (QED) is 0.904. The minimum Gasteiger partial charge on any atom is -0.381 e. The number of rotatable bonds is 3. The predicted octanol–water partition coefficient (Wildman–Crippen LogP) is 4.47. The van der Waals surface area contributed by atoms with Gasteiger partial charge < -0.3 is 10.2 Å². The summed E-state index contributed by atoms with van der Waals surface area (Å²) in [5.41, 5.74) is 0.956. The van der Waals surface area contributed by atoms with E-state index >= 15 is 0 Å². The van der Waals surface area contributed by atoms with Crippen LogP contribution in [-0.4, -0.2) is 24.1 Å². The summed E-state index contributed by atoms with van der Waals surface area (Å²) in [4.78, 5) is 6.73. The number of piperidine rings is 1. The largest absolute Gasteiger partial charge is 0.381 e. The number of anilines is 2. The normalized spacial score (nSPS) is 16.0. The maximum atomic E-state index is 6.21. The van der Waals surface area contributed by atoms with Gasteiger partial charge in [-0.3, -0.25) is 0 Å². The van der Waals surface area contributed by atoms with Crippen LogP contribution in [0.25, 0.3) is 0 Å². The first-order valence-electron chi connectivity index (χ1n) is 7.10. The highest BCUT2D eigenvalue weighted by atomic mass is 35.5. The van der Waals surface area contributed by atoms with E-state index in [2.05, 4.69) is 21.3 Å². The molecule has 1 N–H and O–H groups in total. The Kier molecular flexibility index (Phi) is 4.51. The summed E-state index contributed by atoms with van der Waals surface area (Å²) in [6.45, 7) is 2.00. The number of nitrogens with one attached hydrogen (secondary N) is 1. The Balaban J connectivity index is 1.59. The second kappa shape index (κ2) is 6.54. The van der Waals surface area contributed by atoms with Crippen molar-refractivity contribution in [2.75, 3.05) is 23.3 Å². The molecule has 0 amide bonds. The fourth-order valence-electron chi connectivity index (χ4n) is 2.62. The highest BCUT2D eigenvalue weighted by molar-refractivity contribution is 6.36. The molecule has 3 rings (SSSR count). The summed E-state index contributed by atoms with van der Waals surface area (Å²) in [6.07, 6.45) is 3.97. The van der Waals surface area contributed by atoms with Gasteiger partial charge in [0.1, 0.15) is 5.82 Å². The van der Waals surface area contributed by atoms with E-state index in [1.807, 2.05) is 30.5 Å². The lowest BCUT2D eigenvalue weighted by atomic mass is 10.0. The Morgan fingerprint density at radius 3 is 2.57 bits per heavy atom. The van der Waals surface area contributed by atoms with Crippen LogP contribution in [0.3, 0.4) is 0 Å². The zero-order valence-electron chi connectivity index (χ0n) is 11.6. The first-order chi connectivity index (χ1) is 10.2. The molecule has 0 atom stereocenters. The van der Waals surface area contributed by atoms with E-state index < -0.39 is 0 Å². The molecule has 1 aromatic heterocycles.